The van der Waals surface area contributed by atoms with Crippen molar-refractivity contribution in [3.63, 3.8) is 0 Å². The molecule has 33 heteroatoms. The lowest BCUT2D eigenvalue weighted by atomic mass is 9.85. The van der Waals surface area contributed by atoms with E-state index in [2.05, 4.69) is 75.6 Å². The molecular weight excluding hydrogens is 1300 g/mol. The van der Waals surface area contributed by atoms with Gasteiger partial charge in [-0.3, -0.25) is 54.0 Å². The Balaban J connectivity index is 0.00000105. The lowest BCUT2D eigenvalue weighted by molar-refractivity contribution is -0.141. The first-order valence-corrected chi connectivity index (χ1v) is 32.8. The highest BCUT2D eigenvalue weighted by Crippen LogP contribution is 2.29. The summed E-state index contributed by atoms with van der Waals surface area (Å²) in [6.45, 7) is 8.10. The first kappa shape index (κ1) is 85.2. The number of aliphatic carboxylic acids is 3. The molecule has 0 aliphatic rings. The lowest BCUT2D eigenvalue weighted by Crippen LogP contribution is -2.43. The number of hydrogen-bond acceptors (Lipinski definition) is 21. The second-order valence-corrected chi connectivity index (χ2v) is 23.4. The average Bonchev–Trinajstić information content (AvgIpc) is 1.75. The number of carbonyl (C=O) groups excluding carboxylic acids is 1. The molecule has 0 spiro atoms. The lowest BCUT2D eigenvalue weighted by Gasteiger charge is -2.11. The molecule has 95 heavy (non-hydrogen) atoms. The number of rotatable bonds is 16. The van der Waals surface area contributed by atoms with Crippen LogP contribution in [0.4, 0.5) is 13.2 Å². The standard InChI is InChI=1S/C11H9N.C9H14BNO3.C9H6F3N3.C9H8N2.C7H11NOSi.C5H5NO3S.C4H6O3.C3H5NO2.C3H7NS.C2H5NO2/c1-2-6-10(7-3-1)11-8-4-5-9-12-11;1-2-13-7-8-14-10(12)9-5-3-4-6-11-9;10-9(11,12)8-5-7(14-15-8)6-3-1-2-4-13-6;1-2-5-9(6-3-1)11-8-4-7-10-11;1-10(2,9)7-5-3-4-6-8-7;7-10(8,9)5-3-1-2-4-6-5;1-3(5)2-4(6)7;1-4-2-3(5)6;1-4-2-3-5;3-1-2(4)5/h1-9H;3-6,12H,2,7-8H2,1H3;1-5H,(H,14,15);1-8H;3-6,9H,1-2H3;1-4H,(H,7,8,9);2H2,1H3,(H,6,7);2H,1H3,(H,5,6);2,5H,3H2,1H3;1,3H2,(H,4,5). The first-order valence-electron chi connectivity index (χ1n) is 27.8. The van der Waals surface area contributed by atoms with E-state index >= 15 is 0 Å². The fraction of sp³-hybridized carbons (Fsp3) is 0.210. The maximum atomic E-state index is 12.2. The number of alkyl halides is 3. The third kappa shape index (κ3) is 44.4. The number of pyridine rings is 5. The normalized spacial score (nSPS) is 10.2. The summed E-state index contributed by atoms with van der Waals surface area (Å²) in [7, 11) is -4.08. The van der Waals surface area contributed by atoms with Crippen LogP contribution in [0.25, 0.3) is 28.3 Å². The Morgan fingerprint density at radius 1 is 0.705 bits per heavy atom. The Bertz CT molecular complexity index is 3560. The number of aromatic nitrogens is 9. The number of nitrogens with zero attached hydrogens (tertiary/aromatic N) is 10. The summed E-state index contributed by atoms with van der Waals surface area (Å²) in [4.78, 5) is 74.2. The van der Waals surface area contributed by atoms with E-state index in [1.807, 2.05) is 133 Å². The van der Waals surface area contributed by atoms with Gasteiger partial charge in [0.05, 0.1) is 47.7 Å². The van der Waals surface area contributed by atoms with Gasteiger partial charge in [0, 0.05) is 81.6 Å². The Kier molecular flexibility index (Phi) is 45.4. The summed E-state index contributed by atoms with van der Waals surface area (Å²) in [6, 6.07) is 49.1. The van der Waals surface area contributed by atoms with Crippen LogP contribution >= 0.6 is 12.6 Å². The smallest absolute Gasteiger partial charge is 0.481 e. The molecule has 0 saturated heterocycles. The van der Waals surface area contributed by atoms with Gasteiger partial charge in [-0.05, 0) is 112 Å². The molecule has 0 bridgehead atoms. The van der Waals surface area contributed by atoms with Gasteiger partial charge in [-0.1, -0.05) is 78.9 Å². The van der Waals surface area contributed by atoms with Crippen LogP contribution in [0.2, 0.25) is 13.1 Å². The third-order valence-electron chi connectivity index (χ3n) is 9.99. The molecule has 508 valence electrons. The summed E-state index contributed by atoms with van der Waals surface area (Å²) in [5, 5.41) is 42.8. The Hall–Kier alpha value is -9.84. The number of aliphatic imine (C=N–C) groups is 2. The zero-order valence-electron chi connectivity index (χ0n) is 52.6. The van der Waals surface area contributed by atoms with E-state index in [1.54, 1.807) is 74.3 Å². The van der Waals surface area contributed by atoms with Crippen molar-refractivity contribution in [2.45, 2.75) is 44.6 Å². The molecule has 0 aliphatic heterocycles. The predicted octanol–water partition coefficient (Wildman–Crippen LogP) is 7.22. The second kappa shape index (κ2) is 50.7. The second-order valence-electron chi connectivity index (χ2n) is 18.1. The molecule has 7 aromatic heterocycles. The number of hydrogen-bond donors (Lipinski definition) is 9. The molecule has 0 saturated carbocycles. The van der Waals surface area contributed by atoms with Gasteiger partial charge in [0.15, 0.2) is 5.03 Å². The number of ketones is 1. The van der Waals surface area contributed by atoms with Gasteiger partial charge < -0.3 is 40.3 Å². The molecule has 0 atom stereocenters. The molecule has 9 aromatic rings. The van der Waals surface area contributed by atoms with Gasteiger partial charge in [-0.25, -0.2) is 14.5 Å². The summed E-state index contributed by atoms with van der Waals surface area (Å²) in [6.07, 6.45) is 9.43. The number of ether oxygens (including phenoxy) is 1. The van der Waals surface area contributed by atoms with Gasteiger partial charge in [0.1, 0.15) is 29.8 Å². The number of nitrogens with one attached hydrogen (secondary N) is 1. The molecule has 9 rings (SSSR count). The number of Topliss-reactive ketones (excluding diaryl/α,β-unsaturated/α-hetero) is 1. The van der Waals surface area contributed by atoms with Crippen LogP contribution in [-0.2, 0) is 44.9 Å². The largest absolute Gasteiger partial charge is 0.510 e. The zero-order valence-corrected chi connectivity index (χ0v) is 55.3. The molecule has 0 aliphatic carbocycles. The van der Waals surface area contributed by atoms with Crippen LogP contribution in [0.3, 0.4) is 0 Å². The van der Waals surface area contributed by atoms with Gasteiger partial charge in [0.2, 0.25) is 8.32 Å². The Labute approximate surface area is 555 Å². The van der Waals surface area contributed by atoms with E-state index in [4.69, 9.17) is 29.3 Å². The number of para-hydroxylation sites is 1. The number of thiol groups is 1. The average molecular weight is 1370 g/mol. The Morgan fingerprint density at radius 3 is 1.57 bits per heavy atom. The zero-order chi connectivity index (χ0) is 71.3. The van der Waals surface area contributed by atoms with Crippen molar-refractivity contribution < 1.29 is 79.9 Å². The third-order valence-corrected chi connectivity index (χ3v) is 12.5. The van der Waals surface area contributed by atoms with E-state index in [1.165, 1.54) is 38.5 Å². The van der Waals surface area contributed by atoms with Crippen LogP contribution in [0.5, 0.6) is 0 Å². The van der Waals surface area contributed by atoms with Crippen molar-refractivity contribution in [3.8, 4) is 28.3 Å². The number of aromatic amines is 1. The number of nitrogens with two attached hydrogens (primary N) is 1. The number of carboxylic acid groups (broad SMARTS) is 3. The van der Waals surface area contributed by atoms with Crippen molar-refractivity contribution in [1.82, 2.24) is 44.9 Å². The SMILES string of the molecule is CC(=O)CC(=O)O.CCOCCOB(O)c1ccccn1.CN=CC(=O)O.CN=CCS.C[Si](C)(O)c1ccccn1.FC(F)(F)c1cc(-c2ccccn2)n[nH]1.NCC(=O)O.O=S(=O)(O)c1ccccn1.c1ccc(-c2ccccn2)cc1.c1ccc(-n2cccn2)cc1. The van der Waals surface area contributed by atoms with Crippen molar-refractivity contribution in [1.29, 1.82) is 0 Å². The van der Waals surface area contributed by atoms with E-state index in [9.17, 15) is 50.6 Å². The van der Waals surface area contributed by atoms with Crippen molar-refractivity contribution in [3.05, 3.63) is 213 Å². The van der Waals surface area contributed by atoms with Crippen LogP contribution < -0.4 is 16.6 Å². The number of carboxylic acids is 3. The van der Waals surface area contributed by atoms with E-state index < -0.39 is 55.3 Å². The fourth-order valence-corrected chi connectivity index (χ4v) is 7.36. The molecule has 0 fully saturated rings. The summed E-state index contributed by atoms with van der Waals surface area (Å²) in [5.41, 5.74) is 8.09. The Morgan fingerprint density at radius 2 is 1.23 bits per heavy atom. The number of H-pyrrole nitrogens is 1. The first-order chi connectivity index (χ1) is 45.1. The van der Waals surface area contributed by atoms with Crippen molar-refractivity contribution in [2.75, 3.05) is 46.2 Å². The molecule has 26 nitrogen and oxygen atoms in total. The van der Waals surface area contributed by atoms with Crippen molar-refractivity contribution >= 4 is 85.2 Å². The van der Waals surface area contributed by atoms with Gasteiger partial charge in [0.25, 0.3) is 0 Å². The number of benzene rings is 2. The molecule has 0 radical (unpaired) electrons. The topological polar surface area (TPSA) is 404 Å². The van der Waals surface area contributed by atoms with Gasteiger partial charge in [-0.15, -0.1) is 0 Å². The minimum absolute atomic E-state index is 0.183. The summed E-state index contributed by atoms with van der Waals surface area (Å²) >= 11 is 3.85. The van der Waals surface area contributed by atoms with Crippen molar-refractivity contribution in [2.24, 2.45) is 15.7 Å². The highest BCUT2D eigenvalue weighted by atomic mass is 32.2. The molecular formula is C62H76BF3N12O14S2Si. The highest BCUT2D eigenvalue weighted by Gasteiger charge is 2.33. The minimum Gasteiger partial charge on any atom is -0.481 e. The number of halogens is 3. The molecule has 0 unspecified atom stereocenters. The summed E-state index contributed by atoms with van der Waals surface area (Å²) in [5.74, 6) is -2.60. The maximum Gasteiger partial charge on any atom is 0.510 e. The monoisotopic (exact) mass is 1370 g/mol. The highest BCUT2D eigenvalue weighted by molar-refractivity contribution is 7.85. The van der Waals surface area contributed by atoms with E-state index in [0.717, 1.165) is 40.3 Å². The maximum absolute atomic E-state index is 12.2. The van der Waals surface area contributed by atoms with Crippen LogP contribution in [0.15, 0.2) is 222 Å². The van der Waals surface area contributed by atoms with Gasteiger partial charge in [-0.2, -0.15) is 44.4 Å². The quantitative estimate of drug-likeness (QED) is 0.0115. The molecule has 2 aromatic carbocycles. The number of carbonyl (C=O) groups is 4. The van der Waals surface area contributed by atoms with Crippen LogP contribution in [0.1, 0.15) is 26.0 Å². The summed E-state index contributed by atoms with van der Waals surface area (Å²) < 4.78 is 77.7. The van der Waals surface area contributed by atoms with Gasteiger partial charge >= 0.3 is 41.3 Å². The predicted molar refractivity (Wildman–Crippen MR) is 362 cm³/mol. The molecule has 9 N–H and O–H groups in total. The molecule has 0 amide bonds. The molecule has 7 heterocycles. The fourth-order valence-electron chi connectivity index (χ4n) is 5.86. The van der Waals surface area contributed by atoms with Crippen LogP contribution in [0, 0.1) is 0 Å². The van der Waals surface area contributed by atoms with E-state index in [0.29, 0.717) is 31.1 Å². The van der Waals surface area contributed by atoms with E-state index in [-0.39, 0.29) is 29.5 Å². The minimum atomic E-state index is -4.40. The van der Waals surface area contributed by atoms with Crippen LogP contribution in [-0.4, -0.2) is 181 Å².